The Morgan fingerprint density at radius 1 is 0.517 bits per heavy atom. The SMILES string of the molecule is c1cc2ccc1CCc1ccc(c(P(C3CCCCC3)C3CCCCC3)c1)CC2. The first-order chi connectivity index (χ1) is 14.4. The molecule has 6 aliphatic carbocycles. The maximum absolute atomic E-state index is 2.71. The third kappa shape index (κ3) is 4.64. The molecule has 0 aromatic heterocycles. The van der Waals surface area contributed by atoms with E-state index in [1.54, 1.807) is 11.1 Å². The molecular weight excluding hydrogens is 367 g/mol. The van der Waals surface area contributed by atoms with Crippen LogP contribution in [0, 0.1) is 0 Å². The van der Waals surface area contributed by atoms with Crippen LogP contribution in [0.5, 0.6) is 0 Å². The molecule has 2 fully saturated rings. The van der Waals surface area contributed by atoms with Gasteiger partial charge in [0, 0.05) is 0 Å². The second-order valence-corrected chi connectivity index (χ2v) is 12.5. The summed E-state index contributed by atoms with van der Waals surface area (Å²) < 4.78 is 0. The first-order valence-electron chi connectivity index (χ1n) is 12.3. The van der Waals surface area contributed by atoms with Crippen molar-refractivity contribution in [3.8, 4) is 0 Å². The zero-order chi connectivity index (χ0) is 19.5. The molecule has 2 aromatic carbocycles. The molecule has 0 aliphatic heterocycles. The van der Waals surface area contributed by atoms with Gasteiger partial charge in [0.2, 0.25) is 0 Å². The third-order valence-corrected chi connectivity index (χ3v) is 11.4. The second kappa shape index (κ2) is 9.34. The zero-order valence-corrected chi connectivity index (χ0v) is 18.9. The standard InChI is InChI=1S/C28H37P/c1-3-7-26(8-4-1)29(27-9-5-2-6-10-27)28-21-24-16-15-22-11-13-23(14-12-22)17-19-25(28)20-18-24/h11-14,18,20-21,26-27H,1-10,15-17,19H2. The van der Waals surface area contributed by atoms with E-state index in [0.29, 0.717) is 0 Å². The molecule has 0 radical (unpaired) electrons. The summed E-state index contributed by atoms with van der Waals surface area (Å²) >= 11 is 0. The lowest BCUT2D eigenvalue weighted by atomic mass is 9.97. The van der Waals surface area contributed by atoms with E-state index in [-0.39, 0.29) is 7.92 Å². The maximum Gasteiger partial charge on any atom is -0.0166 e. The lowest BCUT2D eigenvalue weighted by molar-refractivity contribution is 0.487. The maximum atomic E-state index is 2.71. The van der Waals surface area contributed by atoms with Crippen LogP contribution in [0.1, 0.15) is 86.5 Å². The molecule has 154 valence electrons. The van der Waals surface area contributed by atoms with Gasteiger partial charge >= 0.3 is 0 Å². The van der Waals surface area contributed by atoms with Crippen molar-refractivity contribution in [1.29, 1.82) is 0 Å². The first-order valence-corrected chi connectivity index (χ1v) is 13.8. The number of hydrogen-bond acceptors (Lipinski definition) is 0. The van der Waals surface area contributed by atoms with Gasteiger partial charge in [-0.2, -0.15) is 0 Å². The highest BCUT2D eigenvalue weighted by atomic mass is 31.1. The van der Waals surface area contributed by atoms with Crippen molar-refractivity contribution in [1.82, 2.24) is 0 Å². The molecular formula is C28H37P. The Hall–Kier alpha value is -1.13. The van der Waals surface area contributed by atoms with E-state index in [1.165, 1.54) is 101 Å². The molecule has 1 heteroatoms. The van der Waals surface area contributed by atoms with Gasteiger partial charge in [0.15, 0.2) is 0 Å². The average molecular weight is 405 g/mol. The van der Waals surface area contributed by atoms with Crippen LogP contribution in [-0.2, 0) is 25.7 Å². The first kappa shape index (κ1) is 19.8. The summed E-state index contributed by atoms with van der Waals surface area (Å²) in [6.45, 7) is 0. The summed E-state index contributed by atoms with van der Waals surface area (Å²) in [5.74, 6) is 0. The van der Waals surface area contributed by atoms with Crippen LogP contribution < -0.4 is 5.30 Å². The van der Waals surface area contributed by atoms with Gasteiger partial charge in [-0.05, 0) is 90.2 Å². The van der Waals surface area contributed by atoms with E-state index < -0.39 is 0 Å². The monoisotopic (exact) mass is 404 g/mol. The minimum Gasteiger partial charge on any atom is -0.0686 e. The smallest absolute Gasteiger partial charge is 0.0166 e. The van der Waals surface area contributed by atoms with E-state index in [9.17, 15) is 0 Å². The number of benzene rings is 2. The number of hydrogen-bond donors (Lipinski definition) is 0. The molecule has 29 heavy (non-hydrogen) atoms. The topological polar surface area (TPSA) is 0 Å². The quantitative estimate of drug-likeness (QED) is 0.469. The minimum absolute atomic E-state index is 0.00204. The van der Waals surface area contributed by atoms with Gasteiger partial charge in [0.05, 0.1) is 0 Å². The highest BCUT2D eigenvalue weighted by Gasteiger charge is 2.33. The normalized spacial score (nSPS) is 21.3. The molecule has 4 bridgehead atoms. The van der Waals surface area contributed by atoms with Gasteiger partial charge in [-0.3, -0.25) is 0 Å². The van der Waals surface area contributed by atoms with Gasteiger partial charge in [-0.25, -0.2) is 0 Å². The largest absolute Gasteiger partial charge is 0.0686 e. The Bertz CT molecular complexity index is 776. The Kier molecular flexibility index (Phi) is 6.38. The van der Waals surface area contributed by atoms with Crippen molar-refractivity contribution in [2.24, 2.45) is 0 Å². The molecule has 0 amide bonds. The van der Waals surface area contributed by atoms with E-state index in [2.05, 4.69) is 42.5 Å². The Morgan fingerprint density at radius 2 is 1.00 bits per heavy atom. The van der Waals surface area contributed by atoms with Crippen molar-refractivity contribution in [2.75, 3.05) is 0 Å². The van der Waals surface area contributed by atoms with Gasteiger partial charge in [0.25, 0.3) is 0 Å². The van der Waals surface area contributed by atoms with Crippen molar-refractivity contribution in [3.63, 3.8) is 0 Å². The van der Waals surface area contributed by atoms with Crippen LogP contribution in [0.2, 0.25) is 0 Å². The molecule has 0 spiro atoms. The van der Waals surface area contributed by atoms with Crippen molar-refractivity contribution in [3.05, 3.63) is 64.7 Å². The zero-order valence-electron chi connectivity index (χ0n) is 18.0. The molecule has 6 aliphatic rings. The van der Waals surface area contributed by atoms with E-state index >= 15 is 0 Å². The van der Waals surface area contributed by atoms with Crippen LogP contribution in [0.25, 0.3) is 0 Å². The predicted octanol–water partition coefficient (Wildman–Crippen LogP) is 7.34. The summed E-state index contributed by atoms with van der Waals surface area (Å²) in [6.07, 6.45) is 19.7. The van der Waals surface area contributed by atoms with Crippen molar-refractivity contribution >= 4 is 13.2 Å². The number of aryl methyl sites for hydroxylation is 4. The van der Waals surface area contributed by atoms with Crippen LogP contribution in [0.3, 0.4) is 0 Å². The van der Waals surface area contributed by atoms with E-state index in [4.69, 9.17) is 0 Å². The van der Waals surface area contributed by atoms with Crippen molar-refractivity contribution < 1.29 is 0 Å². The van der Waals surface area contributed by atoms with Crippen LogP contribution in [0.15, 0.2) is 42.5 Å². The minimum atomic E-state index is -0.00204. The lowest BCUT2D eigenvalue weighted by Crippen LogP contribution is -2.28. The molecule has 0 nitrogen and oxygen atoms in total. The molecule has 0 N–H and O–H groups in total. The predicted molar refractivity (Wildman–Crippen MR) is 128 cm³/mol. The second-order valence-electron chi connectivity index (χ2n) is 9.77. The molecule has 0 saturated heterocycles. The van der Waals surface area contributed by atoms with Crippen LogP contribution in [0.4, 0.5) is 0 Å². The van der Waals surface area contributed by atoms with Crippen LogP contribution in [-0.4, -0.2) is 11.3 Å². The third-order valence-electron chi connectivity index (χ3n) is 7.77. The molecule has 0 unspecified atom stereocenters. The average Bonchev–Trinajstić information content (AvgIpc) is 2.78. The van der Waals surface area contributed by atoms with E-state index in [0.717, 1.165) is 11.3 Å². The molecule has 0 heterocycles. The highest BCUT2D eigenvalue weighted by molar-refractivity contribution is 7.67. The number of rotatable bonds is 3. The Balaban J connectivity index is 1.52. The fourth-order valence-electron chi connectivity index (χ4n) is 6.07. The summed E-state index contributed by atoms with van der Waals surface area (Å²) in [5.41, 5.74) is 8.31. The Labute approximate surface area is 179 Å². The summed E-state index contributed by atoms with van der Waals surface area (Å²) in [6, 6.07) is 17.2. The fourth-order valence-corrected chi connectivity index (χ4v) is 10.1. The molecule has 2 saturated carbocycles. The summed E-state index contributed by atoms with van der Waals surface area (Å²) in [5, 5.41) is 1.84. The highest BCUT2D eigenvalue weighted by Crippen LogP contribution is 2.55. The molecule has 2 aromatic rings. The molecule has 0 atom stereocenters. The van der Waals surface area contributed by atoms with Gasteiger partial charge < -0.3 is 0 Å². The molecule has 8 rings (SSSR count). The van der Waals surface area contributed by atoms with Gasteiger partial charge in [-0.1, -0.05) is 88.9 Å². The van der Waals surface area contributed by atoms with E-state index in [1.807, 2.05) is 5.30 Å². The van der Waals surface area contributed by atoms with Crippen LogP contribution >= 0.6 is 7.92 Å². The Morgan fingerprint density at radius 3 is 1.59 bits per heavy atom. The van der Waals surface area contributed by atoms with Gasteiger partial charge in [-0.15, -0.1) is 0 Å². The summed E-state index contributed by atoms with van der Waals surface area (Å²) in [7, 11) is -0.00204. The fraction of sp³-hybridized carbons (Fsp3) is 0.571. The van der Waals surface area contributed by atoms with Gasteiger partial charge in [0.1, 0.15) is 0 Å². The lowest BCUT2D eigenvalue weighted by Gasteiger charge is -2.40. The van der Waals surface area contributed by atoms with Crippen molar-refractivity contribution in [2.45, 2.75) is 101 Å². The summed E-state index contributed by atoms with van der Waals surface area (Å²) in [4.78, 5) is 0.